The Balaban J connectivity index is 1.67. The summed E-state index contributed by atoms with van der Waals surface area (Å²) in [5.41, 5.74) is 2.90. The highest BCUT2D eigenvalue weighted by Gasteiger charge is 2.05. The summed E-state index contributed by atoms with van der Waals surface area (Å²) in [4.78, 5) is 8.91. The number of aryl methyl sites for hydroxylation is 1. The molecule has 0 bridgehead atoms. The van der Waals surface area contributed by atoms with Gasteiger partial charge in [0.1, 0.15) is 5.82 Å². The second kappa shape index (κ2) is 8.19. The van der Waals surface area contributed by atoms with Gasteiger partial charge < -0.3 is 10.6 Å². The lowest BCUT2D eigenvalue weighted by Crippen LogP contribution is -2.08. The minimum atomic E-state index is 0.501. The molecule has 1 heterocycles. The van der Waals surface area contributed by atoms with Gasteiger partial charge in [-0.25, -0.2) is 4.98 Å². The molecule has 0 unspecified atom stereocenters. The van der Waals surface area contributed by atoms with Crippen LogP contribution in [0.4, 0.5) is 17.5 Å². The predicted octanol–water partition coefficient (Wildman–Crippen LogP) is 5.49. The van der Waals surface area contributed by atoms with Crippen molar-refractivity contribution in [2.45, 2.75) is 13.3 Å². The van der Waals surface area contributed by atoms with Gasteiger partial charge in [-0.2, -0.15) is 4.98 Å². The summed E-state index contributed by atoms with van der Waals surface area (Å²) in [7, 11) is 0. The molecule has 0 fully saturated rings. The van der Waals surface area contributed by atoms with Gasteiger partial charge in [-0.15, -0.1) is 0 Å². The summed E-state index contributed by atoms with van der Waals surface area (Å²) >= 11 is 12.1. The quantitative estimate of drug-likeness (QED) is 0.600. The highest BCUT2D eigenvalue weighted by atomic mass is 35.5. The Morgan fingerprint density at radius 2 is 1.64 bits per heavy atom. The third-order valence-electron chi connectivity index (χ3n) is 3.54. The molecule has 2 N–H and O–H groups in total. The third kappa shape index (κ3) is 5.34. The molecule has 25 heavy (non-hydrogen) atoms. The molecule has 128 valence electrons. The van der Waals surface area contributed by atoms with Crippen molar-refractivity contribution in [1.29, 1.82) is 0 Å². The molecule has 0 saturated carbocycles. The van der Waals surface area contributed by atoms with Gasteiger partial charge in [-0.3, -0.25) is 0 Å². The zero-order valence-electron chi connectivity index (χ0n) is 13.8. The molecule has 0 atom stereocenters. The van der Waals surface area contributed by atoms with Crippen LogP contribution in [0.25, 0.3) is 0 Å². The van der Waals surface area contributed by atoms with E-state index in [1.165, 1.54) is 5.56 Å². The maximum atomic E-state index is 6.03. The van der Waals surface area contributed by atoms with Crippen molar-refractivity contribution in [2.75, 3.05) is 17.2 Å². The number of halogens is 2. The van der Waals surface area contributed by atoms with Crippen molar-refractivity contribution in [1.82, 2.24) is 9.97 Å². The number of nitrogens with one attached hydrogen (secondary N) is 2. The van der Waals surface area contributed by atoms with Gasteiger partial charge in [0.15, 0.2) is 0 Å². The molecule has 1 aromatic heterocycles. The summed E-state index contributed by atoms with van der Waals surface area (Å²) in [5.74, 6) is 1.28. The van der Waals surface area contributed by atoms with Gasteiger partial charge in [0.2, 0.25) is 5.95 Å². The maximum Gasteiger partial charge on any atom is 0.229 e. The minimum absolute atomic E-state index is 0.501. The fourth-order valence-corrected chi connectivity index (χ4v) is 2.98. The molecule has 6 heteroatoms. The highest BCUT2D eigenvalue weighted by molar-refractivity contribution is 6.35. The molecule has 0 radical (unpaired) electrons. The number of aromatic nitrogens is 2. The first-order valence-electron chi connectivity index (χ1n) is 7.95. The van der Waals surface area contributed by atoms with E-state index in [0.717, 1.165) is 30.2 Å². The summed E-state index contributed by atoms with van der Waals surface area (Å²) < 4.78 is 0. The summed E-state index contributed by atoms with van der Waals surface area (Å²) in [6, 6.07) is 17.5. The van der Waals surface area contributed by atoms with Crippen LogP contribution < -0.4 is 10.6 Å². The molecule has 0 spiro atoms. The van der Waals surface area contributed by atoms with Crippen molar-refractivity contribution in [2.24, 2.45) is 0 Å². The first kappa shape index (κ1) is 17.5. The molecule has 0 amide bonds. The van der Waals surface area contributed by atoms with Crippen LogP contribution in [0.3, 0.4) is 0 Å². The Bertz CT molecular complexity index is 833. The Kier molecular flexibility index (Phi) is 5.74. The fraction of sp³-hybridized carbons (Fsp3) is 0.158. The predicted molar refractivity (Wildman–Crippen MR) is 105 cm³/mol. The van der Waals surface area contributed by atoms with Crippen molar-refractivity contribution in [3.05, 3.63) is 75.9 Å². The second-order valence-electron chi connectivity index (χ2n) is 5.66. The standard InChI is InChI=1S/C19H18Cl2N4/c1-13-9-18(22-8-7-14-5-3-2-4-6-14)25-19(23-13)24-17-11-15(20)10-16(21)12-17/h2-6,9-12H,7-8H2,1H3,(H2,22,23,24,25). The molecule has 0 saturated heterocycles. The second-order valence-corrected chi connectivity index (χ2v) is 6.54. The van der Waals surface area contributed by atoms with E-state index >= 15 is 0 Å². The van der Waals surface area contributed by atoms with E-state index in [1.807, 2.05) is 31.2 Å². The van der Waals surface area contributed by atoms with Crippen molar-refractivity contribution < 1.29 is 0 Å². The van der Waals surface area contributed by atoms with Crippen molar-refractivity contribution >= 4 is 40.7 Å². The topological polar surface area (TPSA) is 49.8 Å². The Hall–Kier alpha value is -2.30. The summed E-state index contributed by atoms with van der Waals surface area (Å²) in [6.45, 7) is 2.73. The number of nitrogens with zero attached hydrogens (tertiary/aromatic N) is 2. The van der Waals surface area contributed by atoms with E-state index < -0.39 is 0 Å². The third-order valence-corrected chi connectivity index (χ3v) is 3.97. The average molecular weight is 373 g/mol. The van der Waals surface area contributed by atoms with Crippen LogP contribution in [-0.2, 0) is 6.42 Å². The van der Waals surface area contributed by atoms with Gasteiger partial charge in [0, 0.05) is 34.0 Å². The number of hydrogen-bond acceptors (Lipinski definition) is 4. The summed E-state index contributed by atoms with van der Waals surface area (Å²) in [5, 5.41) is 7.60. The lowest BCUT2D eigenvalue weighted by atomic mass is 10.1. The Morgan fingerprint density at radius 3 is 2.36 bits per heavy atom. The van der Waals surface area contributed by atoms with Crippen LogP contribution in [0, 0.1) is 6.92 Å². The number of benzene rings is 2. The molecule has 3 aromatic rings. The lowest BCUT2D eigenvalue weighted by Gasteiger charge is -2.10. The molecule has 0 aliphatic carbocycles. The molecule has 0 aliphatic rings. The zero-order chi connectivity index (χ0) is 17.6. The van der Waals surface area contributed by atoms with E-state index in [0.29, 0.717) is 16.0 Å². The van der Waals surface area contributed by atoms with Crippen LogP contribution in [0.1, 0.15) is 11.3 Å². The van der Waals surface area contributed by atoms with Gasteiger partial charge in [0.25, 0.3) is 0 Å². The van der Waals surface area contributed by atoms with E-state index in [4.69, 9.17) is 23.2 Å². The van der Waals surface area contributed by atoms with Gasteiger partial charge in [-0.05, 0) is 37.1 Å². The molecule has 3 rings (SSSR count). The monoisotopic (exact) mass is 372 g/mol. The maximum absolute atomic E-state index is 6.03. The summed E-state index contributed by atoms with van der Waals surface area (Å²) in [6.07, 6.45) is 0.927. The average Bonchev–Trinajstić information content (AvgIpc) is 2.54. The van der Waals surface area contributed by atoms with Crippen molar-refractivity contribution in [3.63, 3.8) is 0 Å². The zero-order valence-corrected chi connectivity index (χ0v) is 15.3. The molecule has 0 aliphatic heterocycles. The fourth-order valence-electron chi connectivity index (χ4n) is 2.45. The Morgan fingerprint density at radius 1 is 0.920 bits per heavy atom. The van der Waals surface area contributed by atoms with Crippen LogP contribution in [0.2, 0.25) is 10.0 Å². The van der Waals surface area contributed by atoms with Gasteiger partial charge in [-0.1, -0.05) is 53.5 Å². The SMILES string of the molecule is Cc1cc(NCCc2ccccc2)nc(Nc2cc(Cl)cc(Cl)c2)n1. The highest BCUT2D eigenvalue weighted by Crippen LogP contribution is 2.24. The largest absolute Gasteiger partial charge is 0.370 e. The molecular weight excluding hydrogens is 355 g/mol. The number of rotatable bonds is 6. The molecule has 4 nitrogen and oxygen atoms in total. The van der Waals surface area contributed by atoms with E-state index in [-0.39, 0.29) is 0 Å². The lowest BCUT2D eigenvalue weighted by molar-refractivity contribution is 0.995. The first-order valence-corrected chi connectivity index (χ1v) is 8.71. The smallest absolute Gasteiger partial charge is 0.229 e. The van der Waals surface area contributed by atoms with E-state index in [1.54, 1.807) is 18.2 Å². The van der Waals surface area contributed by atoms with Crippen LogP contribution >= 0.6 is 23.2 Å². The number of hydrogen-bond donors (Lipinski definition) is 2. The molecular formula is C19H18Cl2N4. The first-order chi connectivity index (χ1) is 12.1. The number of anilines is 3. The van der Waals surface area contributed by atoms with Crippen LogP contribution in [-0.4, -0.2) is 16.5 Å². The molecule has 2 aromatic carbocycles. The minimum Gasteiger partial charge on any atom is -0.370 e. The van der Waals surface area contributed by atoms with Gasteiger partial charge >= 0.3 is 0 Å². The van der Waals surface area contributed by atoms with Crippen LogP contribution in [0.5, 0.6) is 0 Å². The van der Waals surface area contributed by atoms with Gasteiger partial charge in [0.05, 0.1) is 0 Å². The van der Waals surface area contributed by atoms with Crippen LogP contribution in [0.15, 0.2) is 54.6 Å². The van der Waals surface area contributed by atoms with Crippen molar-refractivity contribution in [3.8, 4) is 0 Å². The van der Waals surface area contributed by atoms with E-state index in [9.17, 15) is 0 Å². The van der Waals surface area contributed by atoms with E-state index in [2.05, 4.69) is 32.7 Å². The Labute approximate surface area is 157 Å². The normalized spacial score (nSPS) is 10.5.